The molecular formula is C20H18N4O5S. The second kappa shape index (κ2) is 8.37. The predicted molar refractivity (Wildman–Crippen MR) is 114 cm³/mol. The van der Waals surface area contributed by atoms with Gasteiger partial charge in [0.05, 0.1) is 27.2 Å². The first kappa shape index (κ1) is 21.1. The summed E-state index contributed by atoms with van der Waals surface area (Å²) in [4.78, 5) is 39.2. The number of amides is 1. The highest BCUT2D eigenvalue weighted by Gasteiger charge is 2.26. The largest absolute Gasteiger partial charge is 0.298 e. The van der Waals surface area contributed by atoms with E-state index in [9.17, 15) is 25.0 Å². The van der Waals surface area contributed by atoms with E-state index in [1.165, 1.54) is 18.3 Å². The number of hydrogen-bond donors (Lipinski definition) is 1. The van der Waals surface area contributed by atoms with Crippen LogP contribution in [0.15, 0.2) is 42.5 Å². The molecule has 0 fully saturated rings. The van der Waals surface area contributed by atoms with Gasteiger partial charge in [-0.3, -0.25) is 30.3 Å². The van der Waals surface area contributed by atoms with Crippen LogP contribution < -0.4 is 5.32 Å². The third-order valence-electron chi connectivity index (χ3n) is 4.46. The molecule has 0 unspecified atom stereocenters. The molecule has 0 saturated heterocycles. The highest BCUT2D eigenvalue weighted by molar-refractivity contribution is 7.16. The van der Waals surface area contributed by atoms with Crippen molar-refractivity contribution in [2.75, 3.05) is 5.32 Å². The smallest absolute Gasteiger partial charge is 0.279 e. The Labute approximate surface area is 175 Å². The minimum atomic E-state index is -0.767. The molecule has 3 rings (SSSR count). The van der Waals surface area contributed by atoms with Crippen LogP contribution in [0.1, 0.15) is 40.6 Å². The predicted octanol–water partition coefficient (Wildman–Crippen LogP) is 5.31. The van der Waals surface area contributed by atoms with E-state index in [0.29, 0.717) is 5.13 Å². The van der Waals surface area contributed by atoms with Gasteiger partial charge in [0.2, 0.25) is 0 Å². The normalized spacial score (nSPS) is 10.8. The van der Waals surface area contributed by atoms with Gasteiger partial charge in [0, 0.05) is 22.1 Å². The van der Waals surface area contributed by atoms with E-state index in [4.69, 9.17) is 0 Å². The Morgan fingerprint density at radius 1 is 1.10 bits per heavy atom. The van der Waals surface area contributed by atoms with Crippen LogP contribution in [0.4, 0.5) is 16.5 Å². The van der Waals surface area contributed by atoms with Gasteiger partial charge in [0.25, 0.3) is 17.3 Å². The van der Waals surface area contributed by atoms with Gasteiger partial charge in [0.1, 0.15) is 0 Å². The Kier molecular flexibility index (Phi) is 5.88. The summed E-state index contributed by atoms with van der Waals surface area (Å²) in [7, 11) is 0. The highest BCUT2D eigenvalue weighted by Crippen LogP contribution is 2.36. The SMILES string of the molecule is Cc1c(C(=O)Nc2nc(-c3ccccc3)c(C(C)C)s2)cc([N+](=O)[O-])cc1[N+](=O)[O-]. The van der Waals surface area contributed by atoms with Crippen molar-refractivity contribution in [3.05, 3.63) is 78.7 Å². The van der Waals surface area contributed by atoms with Gasteiger partial charge >= 0.3 is 0 Å². The number of nitro groups is 2. The first-order valence-electron chi connectivity index (χ1n) is 9.00. The molecule has 3 aromatic rings. The summed E-state index contributed by atoms with van der Waals surface area (Å²) in [6.07, 6.45) is 0. The molecule has 2 aromatic carbocycles. The summed E-state index contributed by atoms with van der Waals surface area (Å²) in [5.74, 6) is -0.535. The molecule has 0 bridgehead atoms. The number of hydrogen-bond acceptors (Lipinski definition) is 7. The van der Waals surface area contributed by atoms with E-state index in [-0.39, 0.29) is 17.0 Å². The molecule has 30 heavy (non-hydrogen) atoms. The zero-order chi connectivity index (χ0) is 22.0. The number of nitro benzene ring substituents is 2. The molecule has 1 amide bonds. The molecule has 154 valence electrons. The Morgan fingerprint density at radius 2 is 1.77 bits per heavy atom. The van der Waals surface area contributed by atoms with E-state index in [0.717, 1.165) is 28.3 Å². The first-order valence-corrected chi connectivity index (χ1v) is 9.81. The third-order valence-corrected chi connectivity index (χ3v) is 5.73. The van der Waals surface area contributed by atoms with Crippen molar-refractivity contribution < 1.29 is 14.6 Å². The van der Waals surface area contributed by atoms with E-state index < -0.39 is 27.1 Å². The summed E-state index contributed by atoms with van der Waals surface area (Å²) in [6.45, 7) is 5.41. The fraction of sp³-hybridized carbons (Fsp3) is 0.200. The standard InChI is InChI=1S/C20H18N4O5S/c1-11(2)18-17(13-7-5-4-6-8-13)21-20(30-18)22-19(25)15-9-14(23(26)27)10-16(12(15)3)24(28)29/h4-11H,1-3H3,(H,21,22,25). The lowest BCUT2D eigenvalue weighted by Crippen LogP contribution is -2.14. The monoisotopic (exact) mass is 426 g/mol. The Bertz CT molecular complexity index is 1140. The van der Waals surface area contributed by atoms with Crippen molar-refractivity contribution in [1.29, 1.82) is 0 Å². The fourth-order valence-electron chi connectivity index (χ4n) is 2.96. The highest BCUT2D eigenvalue weighted by atomic mass is 32.1. The molecule has 0 aliphatic heterocycles. The van der Waals surface area contributed by atoms with Gasteiger partial charge in [-0.25, -0.2) is 4.98 Å². The molecule has 10 heteroatoms. The summed E-state index contributed by atoms with van der Waals surface area (Å²) in [5.41, 5.74) is 0.545. The maximum atomic E-state index is 12.8. The second-order valence-corrected chi connectivity index (χ2v) is 7.89. The van der Waals surface area contributed by atoms with Gasteiger partial charge in [-0.05, 0) is 12.8 Å². The topological polar surface area (TPSA) is 128 Å². The maximum Gasteiger partial charge on any atom is 0.279 e. The molecule has 0 aliphatic rings. The van der Waals surface area contributed by atoms with Crippen LogP contribution in [0.3, 0.4) is 0 Å². The van der Waals surface area contributed by atoms with Crippen LogP contribution in [0.25, 0.3) is 11.3 Å². The first-order chi connectivity index (χ1) is 14.2. The van der Waals surface area contributed by atoms with Gasteiger partial charge in [-0.15, -0.1) is 11.3 Å². The Morgan fingerprint density at radius 3 is 2.33 bits per heavy atom. The molecule has 0 aliphatic carbocycles. The van der Waals surface area contributed by atoms with Crippen molar-refractivity contribution in [3.63, 3.8) is 0 Å². The number of thiazole rings is 1. The minimum absolute atomic E-state index is 0.0482. The molecule has 1 N–H and O–H groups in total. The zero-order valence-corrected chi connectivity index (χ0v) is 17.2. The number of nitrogens with one attached hydrogen (secondary N) is 1. The summed E-state index contributed by atoms with van der Waals surface area (Å²) >= 11 is 1.30. The van der Waals surface area contributed by atoms with Gasteiger partial charge in [0.15, 0.2) is 5.13 Å². The zero-order valence-electron chi connectivity index (χ0n) is 16.4. The van der Waals surface area contributed by atoms with Crippen molar-refractivity contribution in [1.82, 2.24) is 4.98 Å². The molecule has 0 atom stereocenters. The quantitative estimate of drug-likeness (QED) is 0.420. The molecule has 1 aromatic heterocycles. The Balaban J connectivity index is 2.01. The summed E-state index contributed by atoms with van der Waals surface area (Å²) in [5, 5.41) is 25.3. The van der Waals surface area contributed by atoms with Crippen LogP contribution >= 0.6 is 11.3 Å². The van der Waals surface area contributed by atoms with E-state index in [2.05, 4.69) is 10.3 Å². The number of anilines is 1. The van der Waals surface area contributed by atoms with Crippen molar-refractivity contribution in [2.45, 2.75) is 26.7 Å². The number of benzene rings is 2. The molecule has 0 spiro atoms. The number of carbonyl (C=O) groups excluding carboxylic acids is 1. The van der Waals surface area contributed by atoms with Crippen LogP contribution in [0.5, 0.6) is 0 Å². The van der Waals surface area contributed by atoms with Crippen LogP contribution in [0.2, 0.25) is 0 Å². The van der Waals surface area contributed by atoms with Crippen LogP contribution in [0, 0.1) is 27.2 Å². The lowest BCUT2D eigenvalue weighted by atomic mass is 10.0. The van der Waals surface area contributed by atoms with E-state index in [1.807, 2.05) is 44.2 Å². The van der Waals surface area contributed by atoms with Gasteiger partial charge in [-0.2, -0.15) is 0 Å². The van der Waals surface area contributed by atoms with Crippen molar-refractivity contribution in [3.8, 4) is 11.3 Å². The van der Waals surface area contributed by atoms with E-state index in [1.54, 1.807) is 0 Å². The lowest BCUT2D eigenvalue weighted by Gasteiger charge is -2.06. The molecule has 1 heterocycles. The Hall–Kier alpha value is -3.66. The molecule has 0 radical (unpaired) electrons. The van der Waals surface area contributed by atoms with Crippen molar-refractivity contribution in [2.24, 2.45) is 0 Å². The second-order valence-electron chi connectivity index (χ2n) is 6.86. The van der Waals surface area contributed by atoms with Crippen molar-refractivity contribution >= 4 is 33.8 Å². The minimum Gasteiger partial charge on any atom is -0.298 e. The average Bonchev–Trinajstić information content (AvgIpc) is 3.12. The molecule has 0 saturated carbocycles. The van der Waals surface area contributed by atoms with E-state index >= 15 is 0 Å². The number of nitrogens with zero attached hydrogens (tertiary/aromatic N) is 3. The van der Waals surface area contributed by atoms with Gasteiger partial charge in [-0.1, -0.05) is 44.2 Å². The van der Waals surface area contributed by atoms with Gasteiger partial charge < -0.3 is 0 Å². The number of rotatable bonds is 6. The number of carbonyl (C=O) groups is 1. The number of aromatic nitrogens is 1. The number of non-ortho nitro benzene ring substituents is 1. The molecular weight excluding hydrogens is 408 g/mol. The average molecular weight is 426 g/mol. The van der Waals surface area contributed by atoms with Crippen LogP contribution in [-0.2, 0) is 0 Å². The lowest BCUT2D eigenvalue weighted by molar-refractivity contribution is -0.394. The third kappa shape index (κ3) is 4.18. The fourth-order valence-corrected chi connectivity index (χ4v) is 3.94. The molecule has 9 nitrogen and oxygen atoms in total. The maximum absolute atomic E-state index is 12.8. The summed E-state index contributed by atoms with van der Waals surface area (Å²) < 4.78 is 0. The summed E-state index contributed by atoms with van der Waals surface area (Å²) in [6, 6.07) is 11.4. The van der Waals surface area contributed by atoms with Crippen LogP contribution in [-0.4, -0.2) is 20.7 Å².